The number of aryl methyl sites for hydroxylation is 2. The fourth-order valence-corrected chi connectivity index (χ4v) is 6.10. The van der Waals surface area contributed by atoms with E-state index in [0.29, 0.717) is 42.3 Å². The molecule has 32 heavy (non-hydrogen) atoms. The Morgan fingerprint density at radius 1 is 1.06 bits per heavy atom. The van der Waals surface area contributed by atoms with E-state index in [2.05, 4.69) is 4.98 Å². The minimum atomic E-state index is -3.56. The number of nitrogens with zero attached hydrogens (tertiary/aromatic N) is 2. The van der Waals surface area contributed by atoms with Gasteiger partial charge in [-0.2, -0.15) is 4.31 Å². The van der Waals surface area contributed by atoms with Gasteiger partial charge in [-0.15, -0.1) is 0 Å². The number of ether oxygens (including phenoxy) is 1. The number of rotatable bonds is 5. The smallest absolute Gasteiger partial charge is 0.309 e. The highest BCUT2D eigenvalue weighted by Crippen LogP contribution is 2.28. The number of hydrogen-bond acceptors (Lipinski definition) is 6. The molecule has 0 radical (unpaired) electrons. The third-order valence-corrected chi connectivity index (χ3v) is 8.32. The van der Waals surface area contributed by atoms with Crippen LogP contribution in [-0.4, -0.2) is 36.8 Å². The van der Waals surface area contributed by atoms with Gasteiger partial charge in [-0.05, 0) is 73.9 Å². The third kappa shape index (κ3) is 4.17. The number of esters is 1. The maximum Gasteiger partial charge on any atom is 0.309 e. The molecule has 0 saturated carbocycles. The van der Waals surface area contributed by atoms with Gasteiger partial charge >= 0.3 is 5.97 Å². The lowest BCUT2D eigenvalue weighted by atomic mass is 9.92. The number of hydrogen-bond donors (Lipinski definition) is 0. The van der Waals surface area contributed by atoms with Crippen LogP contribution in [0.3, 0.4) is 0 Å². The fourth-order valence-electron chi connectivity index (χ4n) is 4.58. The molecule has 0 unspecified atom stereocenters. The number of benzene rings is 2. The molecule has 0 spiro atoms. The first-order valence-corrected chi connectivity index (χ1v) is 12.6. The van der Waals surface area contributed by atoms with Gasteiger partial charge in [0.15, 0.2) is 12.2 Å². The van der Waals surface area contributed by atoms with Crippen molar-refractivity contribution < 1.29 is 22.4 Å². The van der Waals surface area contributed by atoms with Gasteiger partial charge in [-0.3, -0.25) is 4.79 Å². The standard InChI is InChI=1S/C24H26N2O5S/c27-24(30-16-23-25-21-7-3-4-8-22(21)31-23)18-11-13-26(14-12-18)32(28,29)20-10-9-17-5-1-2-6-19(17)15-20/h3-4,7-10,15,18H,1-2,5-6,11-14,16H2. The van der Waals surface area contributed by atoms with Crippen LogP contribution in [0.25, 0.3) is 11.1 Å². The molecule has 1 aliphatic heterocycles. The third-order valence-electron chi connectivity index (χ3n) is 6.42. The minimum Gasteiger partial charge on any atom is -0.455 e. The number of sulfonamides is 1. The largest absolute Gasteiger partial charge is 0.455 e. The molecule has 168 valence electrons. The van der Waals surface area contributed by atoms with Crippen molar-refractivity contribution in [3.05, 3.63) is 59.5 Å². The van der Waals surface area contributed by atoms with Crippen LogP contribution in [0.4, 0.5) is 0 Å². The number of para-hydroxylation sites is 2. The lowest BCUT2D eigenvalue weighted by molar-refractivity contribution is -0.151. The molecule has 2 aliphatic rings. The molecule has 1 saturated heterocycles. The van der Waals surface area contributed by atoms with Crippen LogP contribution < -0.4 is 0 Å². The molecular weight excluding hydrogens is 428 g/mol. The van der Waals surface area contributed by atoms with E-state index in [-0.39, 0.29) is 18.5 Å². The summed E-state index contributed by atoms with van der Waals surface area (Å²) in [5.41, 5.74) is 3.78. The Labute approximate surface area is 187 Å². The molecule has 1 fully saturated rings. The topological polar surface area (TPSA) is 89.7 Å². The summed E-state index contributed by atoms with van der Waals surface area (Å²) in [6, 6.07) is 12.9. The average molecular weight is 455 g/mol. The van der Waals surface area contributed by atoms with Crippen molar-refractivity contribution in [1.29, 1.82) is 0 Å². The highest BCUT2D eigenvalue weighted by molar-refractivity contribution is 7.89. The van der Waals surface area contributed by atoms with Crippen molar-refractivity contribution in [2.45, 2.75) is 50.0 Å². The summed E-state index contributed by atoms with van der Waals surface area (Å²) in [7, 11) is -3.56. The van der Waals surface area contributed by atoms with Crippen molar-refractivity contribution in [3.63, 3.8) is 0 Å². The van der Waals surface area contributed by atoms with Crippen LogP contribution in [-0.2, 0) is 39.0 Å². The Kier molecular flexibility index (Phi) is 5.73. The zero-order valence-corrected chi connectivity index (χ0v) is 18.6. The Morgan fingerprint density at radius 3 is 2.59 bits per heavy atom. The Balaban J connectivity index is 1.18. The molecule has 8 heteroatoms. The number of piperidine rings is 1. The van der Waals surface area contributed by atoms with Gasteiger partial charge in [0.1, 0.15) is 5.52 Å². The number of fused-ring (bicyclic) bond motifs is 2. The molecule has 2 heterocycles. The molecule has 7 nitrogen and oxygen atoms in total. The van der Waals surface area contributed by atoms with E-state index < -0.39 is 10.0 Å². The minimum absolute atomic E-state index is 0.0266. The van der Waals surface area contributed by atoms with Crippen LogP contribution >= 0.6 is 0 Å². The molecule has 2 aromatic carbocycles. The van der Waals surface area contributed by atoms with E-state index in [0.717, 1.165) is 36.8 Å². The molecule has 0 bridgehead atoms. The molecule has 0 atom stereocenters. The first-order valence-electron chi connectivity index (χ1n) is 11.1. The van der Waals surface area contributed by atoms with Crippen LogP contribution in [0.1, 0.15) is 42.7 Å². The van der Waals surface area contributed by atoms with Crippen LogP contribution in [0.15, 0.2) is 51.8 Å². The zero-order valence-electron chi connectivity index (χ0n) is 17.8. The Hall–Kier alpha value is -2.71. The summed E-state index contributed by atoms with van der Waals surface area (Å²) < 4.78 is 38.7. The second-order valence-electron chi connectivity index (χ2n) is 8.50. The fraction of sp³-hybridized carbons (Fsp3) is 0.417. The van der Waals surface area contributed by atoms with E-state index in [4.69, 9.17) is 9.15 Å². The van der Waals surface area contributed by atoms with E-state index in [1.165, 1.54) is 9.87 Å². The van der Waals surface area contributed by atoms with E-state index >= 15 is 0 Å². The second-order valence-corrected chi connectivity index (χ2v) is 10.4. The van der Waals surface area contributed by atoms with Gasteiger partial charge in [-0.1, -0.05) is 18.2 Å². The first kappa shape index (κ1) is 21.2. The SMILES string of the molecule is O=C(OCc1nc2ccccc2o1)C1CCN(S(=O)(=O)c2ccc3c(c2)CCCC3)CC1. The summed E-state index contributed by atoms with van der Waals surface area (Å²) in [6.07, 6.45) is 5.11. The predicted molar refractivity (Wildman–Crippen MR) is 118 cm³/mol. The normalized spacial score (nSPS) is 17.9. The predicted octanol–water partition coefficient (Wildman–Crippen LogP) is 3.85. The van der Waals surface area contributed by atoms with Crippen molar-refractivity contribution in [1.82, 2.24) is 9.29 Å². The van der Waals surface area contributed by atoms with Crippen LogP contribution in [0.5, 0.6) is 0 Å². The van der Waals surface area contributed by atoms with E-state index in [9.17, 15) is 13.2 Å². The van der Waals surface area contributed by atoms with Crippen molar-refractivity contribution in [2.75, 3.05) is 13.1 Å². The number of aromatic nitrogens is 1. The maximum absolute atomic E-state index is 13.1. The molecule has 0 amide bonds. The molecule has 1 aromatic heterocycles. The lowest BCUT2D eigenvalue weighted by Crippen LogP contribution is -2.40. The van der Waals surface area contributed by atoms with Gasteiger partial charge in [0.2, 0.25) is 15.9 Å². The van der Waals surface area contributed by atoms with Gasteiger partial charge in [-0.25, -0.2) is 13.4 Å². The quantitative estimate of drug-likeness (QED) is 0.544. The molecular formula is C24H26N2O5S. The molecule has 5 rings (SSSR count). The number of oxazole rings is 1. The van der Waals surface area contributed by atoms with Crippen LogP contribution in [0.2, 0.25) is 0 Å². The van der Waals surface area contributed by atoms with Crippen LogP contribution in [0, 0.1) is 5.92 Å². The van der Waals surface area contributed by atoms with Gasteiger partial charge in [0.25, 0.3) is 0 Å². The maximum atomic E-state index is 13.1. The lowest BCUT2D eigenvalue weighted by Gasteiger charge is -2.30. The molecule has 3 aromatic rings. The molecule has 1 aliphatic carbocycles. The summed E-state index contributed by atoms with van der Waals surface area (Å²) in [5.74, 6) is -0.306. The Bertz CT molecular complexity index is 1210. The van der Waals surface area contributed by atoms with Gasteiger partial charge in [0, 0.05) is 13.1 Å². The summed E-state index contributed by atoms with van der Waals surface area (Å²) in [6.45, 7) is 0.589. The van der Waals surface area contributed by atoms with Gasteiger partial charge < -0.3 is 9.15 Å². The monoisotopic (exact) mass is 454 g/mol. The summed E-state index contributed by atoms with van der Waals surface area (Å²) in [4.78, 5) is 17.2. The zero-order chi connectivity index (χ0) is 22.1. The number of carbonyl (C=O) groups excluding carboxylic acids is 1. The van der Waals surface area contributed by atoms with E-state index in [1.54, 1.807) is 6.07 Å². The van der Waals surface area contributed by atoms with Crippen molar-refractivity contribution in [3.8, 4) is 0 Å². The van der Waals surface area contributed by atoms with Crippen molar-refractivity contribution >= 4 is 27.1 Å². The van der Waals surface area contributed by atoms with Gasteiger partial charge in [0.05, 0.1) is 10.8 Å². The molecule has 0 N–H and O–H groups in total. The Morgan fingerprint density at radius 2 is 1.81 bits per heavy atom. The average Bonchev–Trinajstić information content (AvgIpc) is 3.25. The number of carbonyl (C=O) groups is 1. The highest BCUT2D eigenvalue weighted by Gasteiger charge is 2.33. The summed E-state index contributed by atoms with van der Waals surface area (Å²) >= 11 is 0. The summed E-state index contributed by atoms with van der Waals surface area (Å²) in [5, 5.41) is 0. The highest BCUT2D eigenvalue weighted by atomic mass is 32.2. The second kappa shape index (κ2) is 8.67. The first-order chi connectivity index (χ1) is 15.5. The van der Waals surface area contributed by atoms with Crippen molar-refractivity contribution in [2.24, 2.45) is 5.92 Å². The van der Waals surface area contributed by atoms with E-state index in [1.807, 2.05) is 36.4 Å².